The SMILES string of the molecule is C[C@]12CCc3nc(-c4cccc(Cl)c4)sc3C1=CC[C@@H]1[C@@H]2CC[C@]2(C)C(O)CC[C@@H]12. The minimum Gasteiger partial charge on any atom is -0.393 e. The monoisotopic (exact) mass is 439 g/mol. The number of aliphatic hydroxyl groups is 1. The Bertz CT molecular complexity index is 1040. The van der Waals surface area contributed by atoms with Gasteiger partial charge in [0.2, 0.25) is 0 Å². The number of benzene rings is 1. The second-order valence-corrected chi connectivity index (χ2v) is 12.0. The van der Waals surface area contributed by atoms with Crippen LogP contribution >= 0.6 is 22.9 Å². The minimum atomic E-state index is -0.0960. The van der Waals surface area contributed by atoms with Crippen molar-refractivity contribution in [1.29, 1.82) is 0 Å². The third-order valence-corrected chi connectivity index (χ3v) is 10.7. The van der Waals surface area contributed by atoms with Crippen molar-refractivity contribution in [1.82, 2.24) is 4.98 Å². The smallest absolute Gasteiger partial charge is 0.124 e. The Balaban J connectivity index is 1.39. The number of fused-ring (bicyclic) bond motifs is 7. The summed E-state index contributed by atoms with van der Waals surface area (Å²) in [5.74, 6) is 2.16. The number of aliphatic hydroxyl groups excluding tert-OH is 1. The molecule has 2 aromatic rings. The largest absolute Gasteiger partial charge is 0.393 e. The van der Waals surface area contributed by atoms with E-state index in [1.807, 2.05) is 29.5 Å². The lowest BCUT2D eigenvalue weighted by Crippen LogP contribution is -2.50. The summed E-state index contributed by atoms with van der Waals surface area (Å²) >= 11 is 8.11. The molecule has 4 heteroatoms. The van der Waals surface area contributed by atoms with Crippen LogP contribution in [-0.2, 0) is 6.42 Å². The lowest BCUT2D eigenvalue weighted by atomic mass is 9.48. The molecule has 6 atom stereocenters. The minimum absolute atomic E-state index is 0.0960. The van der Waals surface area contributed by atoms with Gasteiger partial charge in [-0.3, -0.25) is 0 Å². The predicted octanol–water partition coefficient (Wildman–Crippen LogP) is 7.01. The van der Waals surface area contributed by atoms with Crippen molar-refractivity contribution in [2.24, 2.45) is 28.6 Å². The first-order valence-electron chi connectivity index (χ1n) is 11.5. The van der Waals surface area contributed by atoms with Gasteiger partial charge in [0.15, 0.2) is 0 Å². The number of allylic oxidation sites excluding steroid dienone is 2. The lowest BCUT2D eigenvalue weighted by molar-refractivity contribution is -0.0579. The number of rotatable bonds is 1. The average molecular weight is 440 g/mol. The van der Waals surface area contributed by atoms with Gasteiger partial charge in [0, 0.05) is 10.6 Å². The maximum atomic E-state index is 10.7. The van der Waals surface area contributed by atoms with Crippen LogP contribution in [0.3, 0.4) is 0 Å². The molecule has 1 aromatic heterocycles. The molecule has 0 spiro atoms. The second kappa shape index (κ2) is 6.67. The molecule has 6 rings (SSSR count). The Labute approximate surface area is 188 Å². The number of nitrogens with zero attached hydrogens (tertiary/aromatic N) is 1. The summed E-state index contributed by atoms with van der Waals surface area (Å²) in [7, 11) is 0. The normalized spacial score (nSPS) is 39.5. The average Bonchev–Trinajstić information content (AvgIpc) is 3.29. The third kappa shape index (κ3) is 2.61. The third-order valence-electron chi connectivity index (χ3n) is 9.31. The van der Waals surface area contributed by atoms with Crippen molar-refractivity contribution in [3.63, 3.8) is 0 Å². The van der Waals surface area contributed by atoms with Crippen molar-refractivity contribution >= 4 is 28.5 Å². The Hall–Kier alpha value is -1.16. The molecule has 0 amide bonds. The van der Waals surface area contributed by atoms with Gasteiger partial charge in [-0.05, 0) is 91.2 Å². The van der Waals surface area contributed by atoms with Crippen LogP contribution < -0.4 is 0 Å². The van der Waals surface area contributed by atoms with Crippen LogP contribution in [0.4, 0.5) is 0 Å². The van der Waals surface area contributed by atoms with E-state index in [-0.39, 0.29) is 16.9 Å². The van der Waals surface area contributed by atoms with Crippen molar-refractivity contribution in [2.45, 2.75) is 64.9 Å². The van der Waals surface area contributed by atoms with E-state index in [1.54, 1.807) is 5.57 Å². The highest BCUT2D eigenvalue weighted by molar-refractivity contribution is 7.16. The van der Waals surface area contributed by atoms with E-state index in [9.17, 15) is 5.11 Å². The summed E-state index contributed by atoms with van der Waals surface area (Å²) < 4.78 is 0. The maximum absolute atomic E-state index is 10.7. The van der Waals surface area contributed by atoms with Gasteiger partial charge in [-0.15, -0.1) is 11.3 Å². The standard InChI is InChI=1S/C26H30ClNOS/c1-25-13-11-21-23(30-24(28-21)15-4-3-5-16(27)14-15)20(25)7-6-17-18-8-9-22(29)26(18,2)12-10-19(17)25/h3-5,7,14,17-19,22,29H,6,8-13H2,1-2H3/t17-,18-,19-,22?,25+,26-/m0/s1. The highest BCUT2D eigenvalue weighted by Crippen LogP contribution is 2.66. The molecule has 0 aliphatic heterocycles. The lowest BCUT2D eigenvalue weighted by Gasteiger charge is -2.56. The maximum Gasteiger partial charge on any atom is 0.124 e. The summed E-state index contributed by atoms with van der Waals surface area (Å²) in [6.45, 7) is 4.90. The van der Waals surface area contributed by atoms with Crippen LogP contribution in [0.2, 0.25) is 5.02 Å². The summed E-state index contributed by atoms with van der Waals surface area (Å²) in [6.07, 6.45) is 10.6. The molecule has 0 radical (unpaired) electrons. The van der Waals surface area contributed by atoms with E-state index in [1.165, 1.54) is 42.7 Å². The quantitative estimate of drug-likeness (QED) is 0.518. The molecule has 1 unspecified atom stereocenters. The molecule has 1 heterocycles. The summed E-state index contributed by atoms with van der Waals surface area (Å²) in [6, 6.07) is 8.09. The van der Waals surface area contributed by atoms with Crippen molar-refractivity contribution < 1.29 is 5.11 Å². The molecule has 4 aliphatic rings. The van der Waals surface area contributed by atoms with Gasteiger partial charge in [0.1, 0.15) is 5.01 Å². The fraction of sp³-hybridized carbons (Fsp3) is 0.577. The van der Waals surface area contributed by atoms with Gasteiger partial charge in [0.05, 0.1) is 16.7 Å². The molecular formula is C26H30ClNOS. The molecule has 0 saturated heterocycles. The zero-order valence-corrected chi connectivity index (χ0v) is 19.4. The van der Waals surface area contributed by atoms with E-state index in [4.69, 9.17) is 16.6 Å². The van der Waals surface area contributed by atoms with E-state index < -0.39 is 0 Å². The summed E-state index contributed by atoms with van der Waals surface area (Å²) in [5, 5.41) is 12.6. The van der Waals surface area contributed by atoms with E-state index in [0.29, 0.717) is 5.92 Å². The molecule has 1 N–H and O–H groups in total. The number of thiazole rings is 1. The predicted molar refractivity (Wildman–Crippen MR) is 125 cm³/mol. The molecule has 2 saturated carbocycles. The number of aryl methyl sites for hydroxylation is 1. The van der Waals surface area contributed by atoms with Crippen molar-refractivity contribution in [3.8, 4) is 10.6 Å². The molecule has 2 fully saturated rings. The van der Waals surface area contributed by atoms with Crippen molar-refractivity contribution in [2.75, 3.05) is 0 Å². The van der Waals surface area contributed by atoms with Gasteiger partial charge in [-0.1, -0.05) is 43.7 Å². The van der Waals surface area contributed by atoms with Gasteiger partial charge >= 0.3 is 0 Å². The van der Waals surface area contributed by atoms with E-state index in [2.05, 4.69) is 26.0 Å². The van der Waals surface area contributed by atoms with Gasteiger partial charge in [-0.2, -0.15) is 0 Å². The zero-order valence-electron chi connectivity index (χ0n) is 17.8. The molecule has 1 aromatic carbocycles. The highest BCUT2D eigenvalue weighted by atomic mass is 35.5. The number of halogens is 1. The van der Waals surface area contributed by atoms with Crippen molar-refractivity contribution in [3.05, 3.63) is 45.9 Å². The zero-order chi connectivity index (χ0) is 20.7. The van der Waals surface area contributed by atoms with Crippen LogP contribution in [0, 0.1) is 28.6 Å². The van der Waals surface area contributed by atoms with Gasteiger partial charge in [0.25, 0.3) is 0 Å². The summed E-state index contributed by atoms with van der Waals surface area (Å²) in [5.41, 5.74) is 4.38. The fourth-order valence-electron chi connectivity index (χ4n) is 7.59. The number of aromatic nitrogens is 1. The molecule has 0 bridgehead atoms. The topological polar surface area (TPSA) is 33.1 Å². The van der Waals surface area contributed by atoms with Crippen LogP contribution in [0.15, 0.2) is 30.3 Å². The van der Waals surface area contributed by atoms with Crippen LogP contribution in [0.25, 0.3) is 16.1 Å². The van der Waals surface area contributed by atoms with Crippen LogP contribution in [0.5, 0.6) is 0 Å². The Morgan fingerprint density at radius 3 is 2.83 bits per heavy atom. The number of hydrogen-bond acceptors (Lipinski definition) is 3. The summed E-state index contributed by atoms with van der Waals surface area (Å²) in [4.78, 5) is 6.48. The molecular weight excluding hydrogens is 410 g/mol. The first kappa shape index (κ1) is 19.5. The fourth-order valence-corrected chi connectivity index (χ4v) is 9.07. The molecule has 4 aliphatic carbocycles. The van der Waals surface area contributed by atoms with Crippen LogP contribution in [-0.4, -0.2) is 16.2 Å². The highest BCUT2D eigenvalue weighted by Gasteiger charge is 2.58. The van der Waals surface area contributed by atoms with E-state index >= 15 is 0 Å². The first-order chi connectivity index (χ1) is 14.4. The second-order valence-electron chi connectivity index (χ2n) is 10.6. The Kier molecular flexibility index (Phi) is 4.34. The first-order valence-corrected chi connectivity index (χ1v) is 12.7. The van der Waals surface area contributed by atoms with Crippen LogP contribution in [0.1, 0.15) is 62.9 Å². The number of hydrogen-bond donors (Lipinski definition) is 1. The van der Waals surface area contributed by atoms with Gasteiger partial charge < -0.3 is 5.11 Å². The van der Waals surface area contributed by atoms with Gasteiger partial charge in [-0.25, -0.2) is 4.98 Å². The van der Waals surface area contributed by atoms with E-state index in [0.717, 1.165) is 40.3 Å². The molecule has 2 nitrogen and oxygen atoms in total. The Morgan fingerprint density at radius 1 is 1.13 bits per heavy atom. The molecule has 30 heavy (non-hydrogen) atoms. The molecule has 158 valence electrons. The Morgan fingerprint density at radius 2 is 2.00 bits per heavy atom.